The third-order valence-electron chi connectivity index (χ3n) is 10.9. The highest BCUT2D eigenvalue weighted by Crippen LogP contribution is 2.50. The van der Waals surface area contributed by atoms with Crippen molar-refractivity contribution in [1.82, 2.24) is 0 Å². The Balaban J connectivity index is 2.49. The van der Waals surface area contributed by atoms with Crippen LogP contribution in [0.3, 0.4) is 0 Å². The highest BCUT2D eigenvalue weighted by Gasteiger charge is 2.32. The molecule has 0 fully saturated rings. The highest BCUT2D eigenvalue weighted by atomic mass is 31.2. The van der Waals surface area contributed by atoms with Crippen LogP contribution < -0.4 is 9.05 Å². The van der Waals surface area contributed by atoms with Crippen LogP contribution in [-0.2, 0) is 21.7 Å². The molecule has 0 aliphatic carbocycles. The van der Waals surface area contributed by atoms with Gasteiger partial charge in [0.25, 0.3) is 0 Å². The summed E-state index contributed by atoms with van der Waals surface area (Å²) in [6, 6.07) is 13.0. The Morgan fingerprint density at radius 3 is 1.04 bits per heavy atom. The average Bonchev–Trinajstić information content (AvgIpc) is 3.01. The molecule has 0 amide bonds. The van der Waals surface area contributed by atoms with E-state index in [-0.39, 0.29) is 21.7 Å². The first-order valence-corrected chi connectivity index (χ1v) is 20.7. The summed E-state index contributed by atoms with van der Waals surface area (Å²) >= 11 is 0. The Kier molecular flexibility index (Phi) is 17.5. The summed E-state index contributed by atoms with van der Waals surface area (Å²) in [5, 5.41) is 0. The van der Waals surface area contributed by atoms with Crippen LogP contribution in [0.5, 0.6) is 11.5 Å². The molecule has 0 bridgehead atoms. The molecule has 0 radical (unpaired) electrons. The van der Waals surface area contributed by atoms with E-state index in [2.05, 4.69) is 107 Å². The summed E-state index contributed by atoms with van der Waals surface area (Å²) in [4.78, 5) is 0. The van der Waals surface area contributed by atoms with Crippen molar-refractivity contribution in [1.29, 1.82) is 0 Å². The van der Waals surface area contributed by atoms with Crippen LogP contribution in [0.15, 0.2) is 36.4 Å². The zero-order valence-corrected chi connectivity index (χ0v) is 34.3. The molecular formula is C44H74FO2P. The minimum Gasteiger partial charge on any atom is -0.414 e. The highest BCUT2D eigenvalue weighted by molar-refractivity contribution is 7.42. The summed E-state index contributed by atoms with van der Waals surface area (Å²) in [5.74, 6) is 1.24. The van der Waals surface area contributed by atoms with Crippen LogP contribution in [0, 0.1) is 0 Å². The third kappa shape index (κ3) is 12.9. The van der Waals surface area contributed by atoms with Crippen molar-refractivity contribution in [3.05, 3.63) is 58.7 Å². The van der Waals surface area contributed by atoms with Crippen LogP contribution >= 0.6 is 8.69 Å². The second kappa shape index (κ2) is 19.7. The van der Waals surface area contributed by atoms with E-state index in [0.717, 1.165) is 49.7 Å². The Morgan fingerprint density at radius 2 is 0.750 bits per heavy atom. The smallest absolute Gasteiger partial charge is 0.414 e. The van der Waals surface area contributed by atoms with Gasteiger partial charge in [0.15, 0.2) is 0 Å². The molecule has 0 atom stereocenters. The molecule has 0 saturated heterocycles. The van der Waals surface area contributed by atoms with Crippen molar-refractivity contribution >= 4 is 8.69 Å². The van der Waals surface area contributed by atoms with E-state index in [4.69, 9.17) is 9.05 Å². The van der Waals surface area contributed by atoms with Crippen LogP contribution in [0.4, 0.5) is 4.20 Å². The van der Waals surface area contributed by atoms with Crippen molar-refractivity contribution in [2.24, 2.45) is 0 Å². The van der Waals surface area contributed by atoms with Crippen molar-refractivity contribution < 1.29 is 13.2 Å². The SMILES string of the molecule is CCCCCC(C)(C)c1ccc(OP(F)Oc2ccc(C(C)(C)CCCCC)cc2C(C)(C)CCCCC)c(C(C)(C)CCCCC)c1. The summed E-state index contributed by atoms with van der Waals surface area (Å²) in [6.45, 7) is 27.5. The first-order chi connectivity index (χ1) is 22.5. The molecule has 0 unspecified atom stereocenters. The zero-order chi connectivity index (χ0) is 36.0. The number of unbranched alkanes of at least 4 members (excludes halogenated alkanes) is 8. The Bertz CT molecular complexity index is 1120. The quantitative estimate of drug-likeness (QED) is 0.0809. The first-order valence-electron chi connectivity index (χ1n) is 19.7. The van der Waals surface area contributed by atoms with Crippen LogP contribution in [0.2, 0.25) is 0 Å². The maximum absolute atomic E-state index is 16.2. The normalized spacial score (nSPS) is 13.0. The van der Waals surface area contributed by atoms with E-state index in [0.29, 0.717) is 11.5 Å². The summed E-state index contributed by atoms with van der Waals surface area (Å²) in [6.07, 6.45) is 18.7. The molecule has 0 aromatic heterocycles. The second-order valence-corrected chi connectivity index (χ2v) is 18.0. The van der Waals surface area contributed by atoms with Crippen LogP contribution in [-0.4, -0.2) is 0 Å². The lowest BCUT2D eigenvalue weighted by atomic mass is 9.74. The van der Waals surface area contributed by atoms with E-state index in [9.17, 15) is 0 Å². The molecular weight excluding hydrogens is 610 g/mol. The van der Waals surface area contributed by atoms with Gasteiger partial charge in [0, 0.05) is 11.1 Å². The largest absolute Gasteiger partial charge is 0.505 e. The number of hydrogen-bond donors (Lipinski definition) is 0. The Labute approximate surface area is 298 Å². The average molecular weight is 685 g/mol. The predicted molar refractivity (Wildman–Crippen MR) is 211 cm³/mol. The van der Waals surface area contributed by atoms with Gasteiger partial charge in [0.1, 0.15) is 11.5 Å². The van der Waals surface area contributed by atoms with Gasteiger partial charge in [-0.2, -0.15) is 0 Å². The van der Waals surface area contributed by atoms with E-state index in [1.54, 1.807) is 0 Å². The monoisotopic (exact) mass is 685 g/mol. The molecule has 0 heterocycles. The fourth-order valence-corrected chi connectivity index (χ4v) is 7.78. The molecule has 274 valence electrons. The number of benzene rings is 2. The van der Waals surface area contributed by atoms with Gasteiger partial charge in [-0.1, -0.05) is 184 Å². The minimum absolute atomic E-state index is 0.0449. The standard InChI is InChI=1S/C44H74FO2P/c1-13-17-21-29-41(5,6)35-25-27-39(37(33-35)43(9,10)31-23-19-15-3)46-48(45)47-40-28-26-36(42(7,8)30-22-18-14-2)34-38(40)44(11,12)32-24-20-16-4/h25-28,33-34H,13-24,29-32H2,1-12H3. The predicted octanol–water partition coefficient (Wildman–Crippen LogP) is 15.8. The van der Waals surface area contributed by atoms with Gasteiger partial charge in [-0.15, -0.1) is 4.20 Å². The van der Waals surface area contributed by atoms with Gasteiger partial charge < -0.3 is 9.05 Å². The summed E-state index contributed by atoms with van der Waals surface area (Å²) in [5.41, 5.74) is 4.60. The minimum atomic E-state index is -2.69. The maximum Gasteiger partial charge on any atom is 0.505 e. The van der Waals surface area contributed by atoms with Gasteiger partial charge in [-0.3, -0.25) is 0 Å². The molecule has 0 spiro atoms. The van der Waals surface area contributed by atoms with Gasteiger partial charge in [-0.25, -0.2) is 0 Å². The van der Waals surface area contributed by atoms with E-state index in [1.807, 2.05) is 12.1 Å². The molecule has 0 saturated carbocycles. The maximum atomic E-state index is 16.2. The van der Waals surface area contributed by atoms with Crippen LogP contribution in [0.25, 0.3) is 0 Å². The number of hydrogen-bond acceptors (Lipinski definition) is 2. The number of rotatable bonds is 24. The number of halogens is 1. The lowest BCUT2D eigenvalue weighted by Gasteiger charge is -2.33. The lowest BCUT2D eigenvalue weighted by Crippen LogP contribution is -2.22. The van der Waals surface area contributed by atoms with Crippen molar-refractivity contribution in [3.8, 4) is 11.5 Å². The van der Waals surface area contributed by atoms with Gasteiger partial charge in [-0.05, 0) is 70.6 Å². The molecule has 2 aromatic rings. The van der Waals surface area contributed by atoms with Crippen molar-refractivity contribution in [3.63, 3.8) is 0 Å². The van der Waals surface area contributed by atoms with Crippen LogP contribution in [0.1, 0.15) is 208 Å². The van der Waals surface area contributed by atoms with Crippen molar-refractivity contribution in [2.45, 2.75) is 207 Å². The third-order valence-corrected chi connectivity index (χ3v) is 11.6. The molecule has 2 aromatic carbocycles. The fraction of sp³-hybridized carbons (Fsp3) is 0.727. The first kappa shape index (κ1) is 42.6. The summed E-state index contributed by atoms with van der Waals surface area (Å²) < 4.78 is 28.7. The molecule has 4 heteroatoms. The van der Waals surface area contributed by atoms with Gasteiger partial charge in [0.05, 0.1) is 0 Å². The van der Waals surface area contributed by atoms with Crippen molar-refractivity contribution in [2.75, 3.05) is 0 Å². The van der Waals surface area contributed by atoms with E-state index < -0.39 is 8.69 Å². The van der Waals surface area contributed by atoms with Gasteiger partial charge in [0.2, 0.25) is 0 Å². The zero-order valence-electron chi connectivity index (χ0n) is 33.4. The molecule has 2 rings (SSSR count). The molecule has 0 aliphatic heterocycles. The molecule has 0 N–H and O–H groups in total. The van der Waals surface area contributed by atoms with Gasteiger partial charge >= 0.3 is 8.69 Å². The molecule has 2 nitrogen and oxygen atoms in total. The Morgan fingerprint density at radius 1 is 0.458 bits per heavy atom. The lowest BCUT2D eigenvalue weighted by molar-refractivity contribution is 0.393. The second-order valence-electron chi connectivity index (χ2n) is 17.2. The van der Waals surface area contributed by atoms with E-state index in [1.165, 1.54) is 75.3 Å². The summed E-state index contributed by atoms with van der Waals surface area (Å²) in [7, 11) is -2.69. The topological polar surface area (TPSA) is 18.5 Å². The Hall–Kier alpha value is -1.60. The molecule has 48 heavy (non-hydrogen) atoms. The molecule has 0 aliphatic rings. The van der Waals surface area contributed by atoms with E-state index >= 15 is 4.20 Å². The fourth-order valence-electron chi connectivity index (χ4n) is 7.12.